The van der Waals surface area contributed by atoms with Crippen LogP contribution >= 0.6 is 11.6 Å². The molecule has 0 bridgehead atoms. The topological polar surface area (TPSA) is 98.7 Å². The summed E-state index contributed by atoms with van der Waals surface area (Å²) in [6.07, 6.45) is 0. The first-order valence-corrected chi connectivity index (χ1v) is 6.55. The molecule has 3 amide bonds. The van der Waals surface area contributed by atoms with Gasteiger partial charge in [0.05, 0.1) is 0 Å². The van der Waals surface area contributed by atoms with E-state index in [2.05, 4.69) is 10.6 Å². The third-order valence-electron chi connectivity index (χ3n) is 2.43. The Labute approximate surface area is 126 Å². The van der Waals surface area contributed by atoms with E-state index in [1.165, 1.54) is 13.0 Å². The van der Waals surface area contributed by atoms with Crippen molar-refractivity contribution in [1.82, 2.24) is 10.6 Å². The lowest BCUT2D eigenvalue weighted by Gasteiger charge is -2.21. The van der Waals surface area contributed by atoms with Gasteiger partial charge in [-0.3, -0.25) is 14.5 Å². The SMILES string of the molecule is CC(=O)NCCNC(=O)N(CC(=O)O)c1cccc(Cl)c1. The maximum Gasteiger partial charge on any atom is 0.323 e. The van der Waals surface area contributed by atoms with Gasteiger partial charge in [-0.2, -0.15) is 0 Å². The van der Waals surface area contributed by atoms with Crippen molar-refractivity contribution in [3.05, 3.63) is 29.3 Å². The van der Waals surface area contributed by atoms with Gasteiger partial charge in [0.1, 0.15) is 6.54 Å². The number of amides is 3. The van der Waals surface area contributed by atoms with E-state index in [4.69, 9.17) is 16.7 Å². The summed E-state index contributed by atoms with van der Waals surface area (Å²) >= 11 is 5.84. The number of carboxylic acid groups (broad SMARTS) is 1. The number of benzene rings is 1. The lowest BCUT2D eigenvalue weighted by molar-refractivity contribution is -0.135. The maximum atomic E-state index is 12.0. The van der Waals surface area contributed by atoms with Crippen molar-refractivity contribution in [2.45, 2.75) is 6.92 Å². The Balaban J connectivity index is 2.71. The molecule has 21 heavy (non-hydrogen) atoms. The number of aliphatic carboxylic acids is 1. The minimum Gasteiger partial charge on any atom is -0.480 e. The van der Waals surface area contributed by atoms with Crippen LogP contribution in [0.15, 0.2) is 24.3 Å². The molecule has 0 radical (unpaired) electrons. The highest BCUT2D eigenvalue weighted by atomic mass is 35.5. The highest BCUT2D eigenvalue weighted by molar-refractivity contribution is 6.30. The largest absolute Gasteiger partial charge is 0.480 e. The van der Waals surface area contributed by atoms with Gasteiger partial charge in [-0.15, -0.1) is 0 Å². The van der Waals surface area contributed by atoms with Crippen LogP contribution in [0.5, 0.6) is 0 Å². The number of rotatable bonds is 6. The quantitative estimate of drug-likeness (QED) is 0.684. The molecular formula is C13H16ClN3O4. The number of nitrogens with zero attached hydrogens (tertiary/aromatic N) is 1. The number of carbonyl (C=O) groups excluding carboxylic acids is 2. The van der Waals surface area contributed by atoms with Gasteiger partial charge >= 0.3 is 12.0 Å². The van der Waals surface area contributed by atoms with Crippen molar-refractivity contribution < 1.29 is 19.5 Å². The Morgan fingerprint density at radius 1 is 1.24 bits per heavy atom. The molecule has 8 heteroatoms. The fourth-order valence-electron chi connectivity index (χ4n) is 1.56. The summed E-state index contributed by atoms with van der Waals surface area (Å²) in [5, 5.41) is 14.3. The number of hydrogen-bond donors (Lipinski definition) is 3. The molecule has 0 heterocycles. The van der Waals surface area contributed by atoms with Crippen molar-refractivity contribution in [2.75, 3.05) is 24.5 Å². The van der Waals surface area contributed by atoms with Gasteiger partial charge in [0.15, 0.2) is 0 Å². The molecule has 1 rings (SSSR count). The van der Waals surface area contributed by atoms with E-state index in [1.807, 2.05) is 0 Å². The maximum absolute atomic E-state index is 12.0. The zero-order chi connectivity index (χ0) is 15.8. The standard InChI is InChI=1S/C13H16ClN3O4/c1-9(18)15-5-6-16-13(21)17(8-12(19)20)11-4-2-3-10(14)7-11/h2-4,7H,5-6,8H2,1H3,(H,15,18)(H,16,21)(H,19,20). The molecule has 7 nitrogen and oxygen atoms in total. The van der Waals surface area contributed by atoms with Gasteiger partial charge in [0.25, 0.3) is 0 Å². The Bertz CT molecular complexity index is 536. The van der Waals surface area contributed by atoms with Crippen LogP contribution in [0, 0.1) is 0 Å². The summed E-state index contributed by atoms with van der Waals surface area (Å²) in [6, 6.07) is 5.75. The molecule has 0 fully saturated rings. The predicted molar refractivity (Wildman–Crippen MR) is 78.5 cm³/mol. The zero-order valence-corrected chi connectivity index (χ0v) is 12.2. The Morgan fingerprint density at radius 3 is 2.48 bits per heavy atom. The summed E-state index contributed by atoms with van der Waals surface area (Å²) in [5.74, 6) is -1.35. The highest BCUT2D eigenvalue weighted by Crippen LogP contribution is 2.19. The lowest BCUT2D eigenvalue weighted by atomic mass is 10.3. The molecule has 0 saturated heterocycles. The lowest BCUT2D eigenvalue weighted by Crippen LogP contribution is -2.45. The average Bonchev–Trinajstić information content (AvgIpc) is 2.40. The van der Waals surface area contributed by atoms with Crippen LogP contribution in [0.4, 0.5) is 10.5 Å². The minimum absolute atomic E-state index is 0.190. The van der Waals surface area contributed by atoms with Crippen LogP contribution < -0.4 is 15.5 Å². The third-order valence-corrected chi connectivity index (χ3v) is 2.67. The molecule has 0 aliphatic heterocycles. The number of carbonyl (C=O) groups is 3. The van der Waals surface area contributed by atoms with E-state index in [0.29, 0.717) is 10.7 Å². The Morgan fingerprint density at radius 2 is 1.90 bits per heavy atom. The first kappa shape index (κ1) is 16.8. The smallest absolute Gasteiger partial charge is 0.323 e. The molecule has 0 atom stereocenters. The average molecular weight is 314 g/mol. The molecule has 1 aromatic carbocycles. The molecule has 3 N–H and O–H groups in total. The van der Waals surface area contributed by atoms with Crippen LogP contribution in [-0.4, -0.2) is 42.6 Å². The summed E-state index contributed by atoms with van der Waals surface area (Å²) in [6.45, 7) is 1.32. The summed E-state index contributed by atoms with van der Waals surface area (Å²) < 4.78 is 0. The second-order valence-electron chi connectivity index (χ2n) is 4.17. The van der Waals surface area contributed by atoms with Crippen LogP contribution in [0.2, 0.25) is 5.02 Å². The number of urea groups is 1. The first-order valence-electron chi connectivity index (χ1n) is 6.17. The summed E-state index contributed by atoms with van der Waals surface area (Å²) in [5.41, 5.74) is 0.377. The van der Waals surface area contributed by atoms with E-state index in [9.17, 15) is 14.4 Å². The predicted octanol–water partition coefficient (Wildman–Crippen LogP) is 1.08. The van der Waals surface area contributed by atoms with Crippen molar-refractivity contribution in [2.24, 2.45) is 0 Å². The number of anilines is 1. The summed E-state index contributed by atoms with van der Waals surface area (Å²) in [7, 11) is 0. The monoisotopic (exact) mass is 313 g/mol. The minimum atomic E-state index is -1.15. The molecule has 0 unspecified atom stereocenters. The van der Waals surface area contributed by atoms with E-state index < -0.39 is 18.5 Å². The van der Waals surface area contributed by atoms with Crippen LogP contribution in [0.25, 0.3) is 0 Å². The van der Waals surface area contributed by atoms with E-state index >= 15 is 0 Å². The van der Waals surface area contributed by atoms with Crippen molar-refractivity contribution in [1.29, 1.82) is 0 Å². The Hall–Kier alpha value is -2.28. The molecule has 114 valence electrons. The fourth-order valence-corrected chi connectivity index (χ4v) is 1.75. The summed E-state index contributed by atoms with van der Waals surface area (Å²) in [4.78, 5) is 34.7. The molecule has 0 spiro atoms. The number of hydrogen-bond acceptors (Lipinski definition) is 3. The van der Waals surface area contributed by atoms with Gasteiger partial charge < -0.3 is 15.7 Å². The van der Waals surface area contributed by atoms with Crippen LogP contribution in [0.3, 0.4) is 0 Å². The molecule has 0 aliphatic rings. The number of halogens is 1. The zero-order valence-electron chi connectivity index (χ0n) is 11.4. The van der Waals surface area contributed by atoms with Gasteiger partial charge in [0.2, 0.25) is 5.91 Å². The van der Waals surface area contributed by atoms with Gasteiger partial charge in [-0.05, 0) is 18.2 Å². The van der Waals surface area contributed by atoms with E-state index in [0.717, 1.165) is 4.90 Å². The first-order chi connectivity index (χ1) is 9.90. The fraction of sp³-hybridized carbons (Fsp3) is 0.308. The van der Waals surface area contributed by atoms with E-state index in [-0.39, 0.29) is 19.0 Å². The normalized spacial score (nSPS) is 9.81. The molecule has 0 saturated carbocycles. The molecular weight excluding hydrogens is 298 g/mol. The number of nitrogens with one attached hydrogen (secondary N) is 2. The second-order valence-corrected chi connectivity index (χ2v) is 4.61. The van der Waals surface area contributed by atoms with Gasteiger partial charge in [-0.1, -0.05) is 17.7 Å². The third kappa shape index (κ3) is 6.13. The number of carboxylic acids is 1. The molecule has 0 aromatic heterocycles. The van der Waals surface area contributed by atoms with E-state index in [1.54, 1.807) is 18.2 Å². The second kappa shape index (κ2) is 8.11. The highest BCUT2D eigenvalue weighted by Gasteiger charge is 2.18. The van der Waals surface area contributed by atoms with Crippen LogP contribution in [0.1, 0.15) is 6.92 Å². The van der Waals surface area contributed by atoms with Crippen molar-refractivity contribution in [3.63, 3.8) is 0 Å². The molecule has 0 aliphatic carbocycles. The van der Waals surface area contributed by atoms with Gasteiger partial charge in [-0.25, -0.2) is 4.79 Å². The Kier molecular flexibility index (Phi) is 6.48. The van der Waals surface area contributed by atoms with Crippen LogP contribution in [-0.2, 0) is 9.59 Å². The molecule has 1 aromatic rings. The van der Waals surface area contributed by atoms with Gasteiger partial charge in [0, 0.05) is 30.7 Å². The van der Waals surface area contributed by atoms with Crippen molar-refractivity contribution in [3.8, 4) is 0 Å². The van der Waals surface area contributed by atoms with Crippen molar-refractivity contribution >= 4 is 35.2 Å².